The Morgan fingerprint density at radius 2 is 1.88 bits per heavy atom. The van der Waals surface area contributed by atoms with E-state index in [1.54, 1.807) is 19.1 Å². The smallest absolute Gasteiger partial charge is 0.287 e. The maximum atomic E-state index is 13.2. The Labute approximate surface area is 139 Å². The monoisotopic (exact) mass is 329 g/mol. The highest BCUT2D eigenvalue weighted by Crippen LogP contribution is 2.40. The predicted octanol–water partition coefficient (Wildman–Crippen LogP) is 3.33. The molecule has 1 heterocycles. The van der Waals surface area contributed by atoms with Crippen LogP contribution in [0.25, 0.3) is 0 Å². The molecule has 0 spiro atoms. The minimum absolute atomic E-state index is 0.0206. The van der Waals surface area contributed by atoms with Gasteiger partial charge in [0.05, 0.1) is 0 Å². The van der Waals surface area contributed by atoms with Crippen LogP contribution in [0, 0.1) is 12.7 Å². The SMILES string of the molecule is Cc1cc(=O)cc(C(=O)NCC2(c3ccc(F)cc3)CCCC2)o1. The van der Waals surface area contributed by atoms with Crippen molar-refractivity contribution >= 4 is 5.91 Å². The molecule has 1 aromatic heterocycles. The Balaban J connectivity index is 1.78. The lowest BCUT2D eigenvalue weighted by Crippen LogP contribution is -2.39. The van der Waals surface area contributed by atoms with Crippen LogP contribution in [-0.4, -0.2) is 12.5 Å². The highest BCUT2D eigenvalue weighted by molar-refractivity contribution is 5.91. The molecule has 1 aliphatic rings. The minimum atomic E-state index is -0.399. The lowest BCUT2D eigenvalue weighted by atomic mass is 9.79. The molecule has 0 atom stereocenters. The van der Waals surface area contributed by atoms with Gasteiger partial charge in [-0.1, -0.05) is 25.0 Å². The summed E-state index contributed by atoms with van der Waals surface area (Å²) in [5, 5.41) is 2.88. The molecule has 0 saturated heterocycles. The number of amides is 1. The van der Waals surface area contributed by atoms with E-state index in [-0.39, 0.29) is 22.4 Å². The zero-order chi connectivity index (χ0) is 17.2. The molecule has 1 amide bonds. The zero-order valence-electron chi connectivity index (χ0n) is 13.6. The van der Waals surface area contributed by atoms with E-state index in [1.807, 2.05) is 0 Å². The van der Waals surface area contributed by atoms with Crippen molar-refractivity contribution in [1.29, 1.82) is 0 Å². The van der Waals surface area contributed by atoms with Crippen LogP contribution in [0.3, 0.4) is 0 Å². The van der Waals surface area contributed by atoms with Crippen LogP contribution in [0.1, 0.15) is 47.6 Å². The maximum Gasteiger partial charge on any atom is 0.287 e. The van der Waals surface area contributed by atoms with Gasteiger partial charge < -0.3 is 9.73 Å². The molecule has 24 heavy (non-hydrogen) atoms. The molecular weight excluding hydrogens is 309 g/mol. The third-order valence-electron chi connectivity index (χ3n) is 4.72. The first-order valence-electron chi connectivity index (χ1n) is 8.15. The molecular formula is C19H20FNO3. The van der Waals surface area contributed by atoms with E-state index in [1.165, 1.54) is 24.3 Å². The fourth-order valence-corrected chi connectivity index (χ4v) is 3.47. The van der Waals surface area contributed by atoms with Crippen molar-refractivity contribution < 1.29 is 13.6 Å². The number of benzene rings is 1. The van der Waals surface area contributed by atoms with Gasteiger partial charge in [0, 0.05) is 24.1 Å². The van der Waals surface area contributed by atoms with Gasteiger partial charge >= 0.3 is 0 Å². The van der Waals surface area contributed by atoms with E-state index in [4.69, 9.17) is 4.42 Å². The van der Waals surface area contributed by atoms with E-state index < -0.39 is 5.91 Å². The molecule has 1 aromatic carbocycles. The van der Waals surface area contributed by atoms with Crippen LogP contribution in [0.5, 0.6) is 0 Å². The van der Waals surface area contributed by atoms with Crippen molar-refractivity contribution in [2.24, 2.45) is 0 Å². The summed E-state index contributed by atoms with van der Waals surface area (Å²) in [6, 6.07) is 9.03. The van der Waals surface area contributed by atoms with Crippen LogP contribution in [0.15, 0.2) is 45.6 Å². The fraction of sp³-hybridized carbons (Fsp3) is 0.368. The van der Waals surface area contributed by atoms with Crippen LogP contribution in [0.4, 0.5) is 4.39 Å². The Morgan fingerprint density at radius 1 is 1.21 bits per heavy atom. The first-order valence-corrected chi connectivity index (χ1v) is 8.15. The average molecular weight is 329 g/mol. The second-order valence-corrected chi connectivity index (χ2v) is 6.45. The summed E-state index contributed by atoms with van der Waals surface area (Å²) in [5.41, 5.74) is 0.596. The van der Waals surface area contributed by atoms with Crippen LogP contribution >= 0.6 is 0 Å². The summed E-state index contributed by atoms with van der Waals surface area (Å²) >= 11 is 0. The van der Waals surface area contributed by atoms with Gasteiger partial charge in [-0.3, -0.25) is 9.59 Å². The summed E-state index contributed by atoms with van der Waals surface area (Å²) in [5.74, 6) is -0.240. The standard InChI is InChI=1S/C19H20FNO3/c1-13-10-16(22)11-17(24-13)18(23)21-12-19(8-2-3-9-19)14-4-6-15(20)7-5-14/h4-7,10-11H,2-3,8-9,12H2,1H3,(H,21,23). The number of halogens is 1. The van der Waals surface area contributed by atoms with Crippen LogP contribution < -0.4 is 10.7 Å². The summed E-state index contributed by atoms with van der Waals surface area (Å²) in [7, 11) is 0. The van der Waals surface area contributed by atoms with Gasteiger partial charge in [-0.25, -0.2) is 4.39 Å². The van der Waals surface area contributed by atoms with Gasteiger partial charge in [-0.2, -0.15) is 0 Å². The highest BCUT2D eigenvalue weighted by Gasteiger charge is 2.36. The van der Waals surface area contributed by atoms with Crippen molar-refractivity contribution in [3.05, 3.63) is 69.5 Å². The Morgan fingerprint density at radius 3 is 2.50 bits per heavy atom. The van der Waals surface area contributed by atoms with E-state index in [0.29, 0.717) is 12.3 Å². The van der Waals surface area contributed by atoms with E-state index in [2.05, 4.69) is 5.32 Å². The third kappa shape index (κ3) is 3.40. The third-order valence-corrected chi connectivity index (χ3v) is 4.72. The first-order chi connectivity index (χ1) is 11.5. The maximum absolute atomic E-state index is 13.2. The molecule has 1 N–H and O–H groups in total. The number of rotatable bonds is 4. The van der Waals surface area contributed by atoms with Gasteiger partial charge in [0.25, 0.3) is 5.91 Å². The number of carbonyl (C=O) groups excluding carboxylic acids is 1. The lowest BCUT2D eigenvalue weighted by Gasteiger charge is -2.30. The minimum Gasteiger partial charge on any atom is -0.456 e. The first kappa shape index (κ1) is 16.4. The number of nitrogens with one attached hydrogen (secondary N) is 1. The van der Waals surface area contributed by atoms with Gasteiger partial charge in [0.2, 0.25) is 0 Å². The molecule has 2 aromatic rings. The van der Waals surface area contributed by atoms with E-state index in [9.17, 15) is 14.0 Å². The molecule has 3 rings (SSSR count). The zero-order valence-corrected chi connectivity index (χ0v) is 13.6. The lowest BCUT2D eigenvalue weighted by molar-refractivity contribution is 0.0911. The molecule has 0 unspecified atom stereocenters. The average Bonchev–Trinajstić information content (AvgIpc) is 3.02. The normalized spacial score (nSPS) is 16.1. The Bertz CT molecular complexity index is 789. The molecule has 1 fully saturated rings. The molecule has 0 radical (unpaired) electrons. The molecule has 126 valence electrons. The number of aryl methyl sites for hydroxylation is 1. The summed E-state index contributed by atoms with van der Waals surface area (Å²) in [4.78, 5) is 23.8. The second-order valence-electron chi connectivity index (χ2n) is 6.45. The van der Waals surface area contributed by atoms with Crippen LogP contribution in [0.2, 0.25) is 0 Å². The molecule has 0 aliphatic heterocycles. The summed E-state index contributed by atoms with van der Waals surface area (Å²) in [6.45, 7) is 2.07. The Hall–Kier alpha value is -2.43. The van der Waals surface area contributed by atoms with E-state index >= 15 is 0 Å². The van der Waals surface area contributed by atoms with E-state index in [0.717, 1.165) is 31.2 Å². The highest BCUT2D eigenvalue weighted by atomic mass is 19.1. The molecule has 1 saturated carbocycles. The number of hydrogen-bond acceptors (Lipinski definition) is 3. The van der Waals surface area contributed by atoms with Gasteiger partial charge in [0.1, 0.15) is 11.6 Å². The molecule has 5 heteroatoms. The van der Waals surface area contributed by atoms with Gasteiger partial charge in [-0.05, 0) is 37.5 Å². The van der Waals surface area contributed by atoms with Crippen molar-refractivity contribution in [3.8, 4) is 0 Å². The van der Waals surface area contributed by atoms with Crippen molar-refractivity contribution in [3.63, 3.8) is 0 Å². The quantitative estimate of drug-likeness (QED) is 0.936. The summed E-state index contributed by atoms with van der Waals surface area (Å²) < 4.78 is 18.5. The predicted molar refractivity (Wildman–Crippen MR) is 88.6 cm³/mol. The molecule has 4 nitrogen and oxygen atoms in total. The van der Waals surface area contributed by atoms with Gasteiger partial charge in [0.15, 0.2) is 11.2 Å². The number of hydrogen-bond donors (Lipinski definition) is 1. The second kappa shape index (κ2) is 6.59. The topological polar surface area (TPSA) is 59.3 Å². The largest absolute Gasteiger partial charge is 0.456 e. The molecule has 1 aliphatic carbocycles. The van der Waals surface area contributed by atoms with Crippen molar-refractivity contribution in [2.45, 2.75) is 38.0 Å². The Kier molecular flexibility index (Phi) is 4.51. The van der Waals surface area contributed by atoms with Crippen LogP contribution in [-0.2, 0) is 5.41 Å². The van der Waals surface area contributed by atoms with Gasteiger partial charge in [-0.15, -0.1) is 0 Å². The van der Waals surface area contributed by atoms with Crippen molar-refractivity contribution in [1.82, 2.24) is 5.32 Å². The molecule has 0 bridgehead atoms. The fourth-order valence-electron chi connectivity index (χ4n) is 3.47. The number of carbonyl (C=O) groups is 1. The summed E-state index contributed by atoms with van der Waals surface area (Å²) in [6.07, 6.45) is 4.03. The van der Waals surface area contributed by atoms with Crippen molar-refractivity contribution in [2.75, 3.05) is 6.54 Å².